The van der Waals surface area contributed by atoms with Gasteiger partial charge in [0.1, 0.15) is 10.6 Å². The Morgan fingerprint density at radius 3 is 2.66 bits per heavy atom. The first-order valence-corrected chi connectivity index (χ1v) is 10.8. The molecule has 0 aliphatic carbocycles. The molecule has 1 aromatic rings. The summed E-state index contributed by atoms with van der Waals surface area (Å²) in [6.07, 6.45) is 4.65. The first-order chi connectivity index (χ1) is 13.6. The zero-order chi connectivity index (χ0) is 21.6. The van der Waals surface area contributed by atoms with Crippen molar-refractivity contribution >= 4 is 28.0 Å². The molecule has 0 aromatic heterocycles. The number of benzene rings is 1. The minimum absolute atomic E-state index is 0.00471. The summed E-state index contributed by atoms with van der Waals surface area (Å²) in [4.78, 5) is 25.8. The molecule has 9 heteroatoms. The Morgan fingerprint density at radius 2 is 2.03 bits per heavy atom. The van der Waals surface area contributed by atoms with E-state index in [-0.39, 0.29) is 23.2 Å². The Labute approximate surface area is 172 Å². The van der Waals surface area contributed by atoms with Gasteiger partial charge in [-0.15, -0.1) is 0 Å². The Kier molecular flexibility index (Phi) is 7.80. The summed E-state index contributed by atoms with van der Waals surface area (Å²) in [5.41, 5.74) is 0.486. The van der Waals surface area contributed by atoms with E-state index in [0.717, 1.165) is 17.1 Å². The number of methoxy groups -OCH3 is 1. The Balaban J connectivity index is 2.02. The number of likely N-dealkylation sites (tertiary alicyclic amines) is 1. The van der Waals surface area contributed by atoms with Gasteiger partial charge in [0.25, 0.3) is 5.91 Å². The van der Waals surface area contributed by atoms with Crippen molar-refractivity contribution in [3.63, 3.8) is 0 Å². The summed E-state index contributed by atoms with van der Waals surface area (Å²) in [6, 6.07) is 4.55. The van der Waals surface area contributed by atoms with Gasteiger partial charge in [0, 0.05) is 33.3 Å². The van der Waals surface area contributed by atoms with E-state index in [9.17, 15) is 18.0 Å². The monoisotopic (exact) mass is 424 g/mol. The van der Waals surface area contributed by atoms with Crippen molar-refractivity contribution in [1.29, 1.82) is 0 Å². The third kappa shape index (κ3) is 6.04. The second-order valence-corrected chi connectivity index (χ2v) is 9.35. The number of esters is 1. The molecule has 1 aromatic carbocycles. The van der Waals surface area contributed by atoms with Gasteiger partial charge < -0.3 is 14.4 Å². The molecule has 0 radical (unpaired) electrons. The molecule has 1 aliphatic rings. The molecule has 8 nitrogen and oxygen atoms in total. The van der Waals surface area contributed by atoms with Crippen LogP contribution in [0, 0.1) is 5.92 Å². The lowest BCUT2D eigenvalue weighted by Gasteiger charge is -2.30. The van der Waals surface area contributed by atoms with Gasteiger partial charge in [-0.2, -0.15) is 0 Å². The van der Waals surface area contributed by atoms with Crippen molar-refractivity contribution < 1.29 is 27.5 Å². The fraction of sp³-hybridized carbons (Fsp3) is 0.500. The molecule has 0 N–H and O–H groups in total. The predicted octanol–water partition coefficient (Wildman–Crippen LogP) is 1.76. The van der Waals surface area contributed by atoms with Crippen molar-refractivity contribution in [3.8, 4) is 5.75 Å². The van der Waals surface area contributed by atoms with Crippen molar-refractivity contribution in [2.75, 3.05) is 40.9 Å². The molecule has 2 rings (SSSR count). The van der Waals surface area contributed by atoms with Gasteiger partial charge in [0.05, 0.1) is 7.11 Å². The number of carbonyl (C=O) groups excluding carboxylic acids is 2. The maximum Gasteiger partial charge on any atom is 0.331 e. The number of hydrogen-bond acceptors (Lipinski definition) is 6. The largest absolute Gasteiger partial charge is 0.495 e. The van der Waals surface area contributed by atoms with Crippen LogP contribution in [0.3, 0.4) is 0 Å². The minimum atomic E-state index is -3.71. The lowest BCUT2D eigenvalue weighted by Crippen LogP contribution is -2.41. The summed E-state index contributed by atoms with van der Waals surface area (Å²) in [6.45, 7) is 3.15. The van der Waals surface area contributed by atoms with Gasteiger partial charge in [-0.05, 0) is 42.5 Å². The maximum atomic E-state index is 12.4. The molecule has 0 bridgehead atoms. The molecule has 1 amide bonds. The van der Waals surface area contributed by atoms with Gasteiger partial charge in [0.15, 0.2) is 6.61 Å². The summed E-state index contributed by atoms with van der Waals surface area (Å²) in [7, 11) is 0.526. The number of nitrogens with zero attached hydrogens (tertiary/aromatic N) is 2. The van der Waals surface area contributed by atoms with Crippen LogP contribution in [0.25, 0.3) is 6.08 Å². The molecular formula is C20H28N2O6S. The zero-order valence-corrected chi connectivity index (χ0v) is 18.1. The molecule has 1 heterocycles. The van der Waals surface area contributed by atoms with Crippen molar-refractivity contribution in [2.24, 2.45) is 5.92 Å². The molecule has 1 atom stereocenters. The highest BCUT2D eigenvalue weighted by atomic mass is 32.2. The lowest BCUT2D eigenvalue weighted by atomic mass is 10.0. The highest BCUT2D eigenvalue weighted by Gasteiger charge is 2.23. The zero-order valence-electron chi connectivity index (χ0n) is 17.3. The fourth-order valence-corrected chi connectivity index (χ4v) is 4.13. The minimum Gasteiger partial charge on any atom is -0.495 e. The fourth-order valence-electron chi connectivity index (χ4n) is 3.05. The van der Waals surface area contributed by atoms with Crippen LogP contribution < -0.4 is 4.74 Å². The van der Waals surface area contributed by atoms with E-state index < -0.39 is 16.0 Å². The Morgan fingerprint density at radius 1 is 1.31 bits per heavy atom. The van der Waals surface area contributed by atoms with Gasteiger partial charge in [-0.1, -0.05) is 13.0 Å². The van der Waals surface area contributed by atoms with E-state index in [1.807, 2.05) is 0 Å². The van der Waals surface area contributed by atoms with E-state index in [2.05, 4.69) is 6.92 Å². The van der Waals surface area contributed by atoms with Crippen LogP contribution in [-0.4, -0.2) is 70.4 Å². The third-order valence-electron chi connectivity index (χ3n) is 4.71. The summed E-state index contributed by atoms with van der Waals surface area (Å²) in [5, 5.41) is 0. The number of rotatable bonds is 7. The van der Waals surface area contributed by atoms with Crippen LogP contribution in [0.2, 0.25) is 0 Å². The van der Waals surface area contributed by atoms with Crippen molar-refractivity contribution in [2.45, 2.75) is 24.7 Å². The standard InChI is InChI=1S/C20H28N2O6S/c1-15-6-5-11-22(13-15)19(23)14-28-20(24)10-8-16-7-9-17(27-4)18(12-16)29(25,26)21(2)3/h7-10,12,15H,5-6,11,13-14H2,1-4H3/b10-8+/t15-/m1/s1. The number of sulfonamides is 1. The second-order valence-electron chi connectivity index (χ2n) is 7.23. The smallest absolute Gasteiger partial charge is 0.331 e. The molecule has 0 saturated carbocycles. The van der Waals surface area contributed by atoms with Gasteiger partial charge in [-0.3, -0.25) is 4.79 Å². The Hall–Kier alpha value is -2.39. The van der Waals surface area contributed by atoms with E-state index in [4.69, 9.17) is 9.47 Å². The number of piperidine rings is 1. The average molecular weight is 425 g/mol. The lowest BCUT2D eigenvalue weighted by molar-refractivity contribution is -0.149. The molecule has 1 aliphatic heterocycles. The topological polar surface area (TPSA) is 93.2 Å². The van der Waals surface area contributed by atoms with Crippen molar-refractivity contribution in [3.05, 3.63) is 29.8 Å². The van der Waals surface area contributed by atoms with Crippen LogP contribution >= 0.6 is 0 Å². The molecular weight excluding hydrogens is 396 g/mol. The van der Waals surface area contributed by atoms with Crippen LogP contribution in [0.15, 0.2) is 29.2 Å². The number of hydrogen-bond donors (Lipinski definition) is 0. The quantitative estimate of drug-likeness (QED) is 0.489. The maximum absolute atomic E-state index is 12.4. The van der Waals surface area contributed by atoms with Crippen LogP contribution in [-0.2, 0) is 24.3 Å². The average Bonchev–Trinajstić information content (AvgIpc) is 2.70. The van der Waals surface area contributed by atoms with Gasteiger partial charge >= 0.3 is 5.97 Å². The molecule has 0 unspecified atom stereocenters. The van der Waals surface area contributed by atoms with Crippen molar-refractivity contribution in [1.82, 2.24) is 9.21 Å². The van der Waals surface area contributed by atoms with E-state index >= 15 is 0 Å². The van der Waals surface area contributed by atoms with E-state index in [0.29, 0.717) is 24.6 Å². The molecule has 1 saturated heterocycles. The first-order valence-electron chi connectivity index (χ1n) is 9.38. The number of ether oxygens (including phenoxy) is 2. The first kappa shape index (κ1) is 22.9. The van der Waals surface area contributed by atoms with E-state index in [1.165, 1.54) is 45.5 Å². The predicted molar refractivity (Wildman–Crippen MR) is 109 cm³/mol. The summed E-state index contributed by atoms with van der Waals surface area (Å²) < 4.78 is 36.1. The summed E-state index contributed by atoms with van der Waals surface area (Å²) in [5.74, 6) is -0.218. The second kappa shape index (κ2) is 9.89. The highest BCUT2D eigenvalue weighted by molar-refractivity contribution is 7.89. The normalized spacial score (nSPS) is 17.6. The summed E-state index contributed by atoms with van der Waals surface area (Å²) >= 11 is 0. The number of carbonyl (C=O) groups is 2. The third-order valence-corrected chi connectivity index (χ3v) is 6.54. The Bertz CT molecular complexity index is 879. The SMILES string of the molecule is COc1ccc(/C=C/C(=O)OCC(=O)N2CCC[C@@H](C)C2)cc1S(=O)(=O)N(C)C. The van der Waals surface area contributed by atoms with Gasteiger partial charge in [0.2, 0.25) is 10.0 Å². The molecule has 0 spiro atoms. The van der Waals surface area contributed by atoms with Gasteiger partial charge in [-0.25, -0.2) is 17.5 Å². The van der Waals surface area contributed by atoms with Crippen LogP contribution in [0.4, 0.5) is 0 Å². The molecule has 1 fully saturated rings. The molecule has 29 heavy (non-hydrogen) atoms. The van der Waals surface area contributed by atoms with Crippen LogP contribution in [0.1, 0.15) is 25.3 Å². The van der Waals surface area contributed by atoms with E-state index in [1.54, 1.807) is 11.0 Å². The molecule has 160 valence electrons. The number of amides is 1. The highest BCUT2D eigenvalue weighted by Crippen LogP contribution is 2.27. The van der Waals surface area contributed by atoms with Crippen LogP contribution in [0.5, 0.6) is 5.75 Å².